The predicted octanol–water partition coefficient (Wildman–Crippen LogP) is 3.80. The van der Waals surface area contributed by atoms with Crippen molar-refractivity contribution >= 4 is 17.0 Å². The number of thiophene rings is 1. The second-order valence-electron chi connectivity index (χ2n) is 5.46. The monoisotopic (exact) mass is 272 g/mol. The molecular weight excluding hydrogens is 252 g/mol. The molecule has 1 saturated carbocycles. The minimum absolute atomic E-state index is 0.766. The first-order valence-electron chi connectivity index (χ1n) is 6.82. The summed E-state index contributed by atoms with van der Waals surface area (Å²) in [4.78, 5) is 2.58. The molecule has 2 nitrogen and oxygen atoms in total. The first kappa shape index (κ1) is 12.7. The number of nitrogen functional groups attached to an aromatic ring is 1. The SMILES string of the molecule is Cc1ccc(CN(Cc2ccsc2)C2CC2)cc1N. The molecule has 2 aromatic rings. The molecule has 1 aromatic carbocycles. The first-order chi connectivity index (χ1) is 9.22. The molecule has 0 bridgehead atoms. The van der Waals surface area contributed by atoms with Crippen molar-refractivity contribution in [2.24, 2.45) is 0 Å². The first-order valence-corrected chi connectivity index (χ1v) is 7.77. The normalized spacial score (nSPS) is 15.1. The third-order valence-corrected chi connectivity index (χ3v) is 4.49. The van der Waals surface area contributed by atoms with Gasteiger partial charge in [-0.15, -0.1) is 0 Å². The van der Waals surface area contributed by atoms with E-state index in [0.717, 1.165) is 24.8 Å². The topological polar surface area (TPSA) is 29.3 Å². The molecule has 0 saturated heterocycles. The van der Waals surface area contributed by atoms with Crippen molar-refractivity contribution in [3.63, 3.8) is 0 Å². The van der Waals surface area contributed by atoms with Crippen molar-refractivity contribution in [3.8, 4) is 0 Å². The lowest BCUT2D eigenvalue weighted by atomic mass is 10.1. The van der Waals surface area contributed by atoms with E-state index in [1.165, 1.54) is 29.5 Å². The van der Waals surface area contributed by atoms with Crippen LogP contribution in [0.25, 0.3) is 0 Å². The molecule has 0 atom stereocenters. The summed E-state index contributed by atoms with van der Waals surface area (Å²) >= 11 is 1.78. The Morgan fingerprint density at radius 1 is 1.21 bits per heavy atom. The van der Waals surface area contributed by atoms with Gasteiger partial charge in [-0.2, -0.15) is 11.3 Å². The summed E-state index contributed by atoms with van der Waals surface area (Å²) in [7, 11) is 0. The number of hydrogen-bond donors (Lipinski definition) is 1. The number of aryl methyl sites for hydroxylation is 1. The van der Waals surface area contributed by atoms with Crippen LogP contribution in [0.4, 0.5) is 5.69 Å². The second kappa shape index (κ2) is 5.35. The van der Waals surface area contributed by atoms with E-state index in [4.69, 9.17) is 5.73 Å². The van der Waals surface area contributed by atoms with Crippen LogP contribution in [0.2, 0.25) is 0 Å². The van der Waals surface area contributed by atoms with Crippen molar-refractivity contribution in [2.75, 3.05) is 5.73 Å². The van der Waals surface area contributed by atoms with Gasteiger partial charge in [0.05, 0.1) is 0 Å². The van der Waals surface area contributed by atoms with Crippen LogP contribution in [0.15, 0.2) is 35.0 Å². The van der Waals surface area contributed by atoms with Gasteiger partial charge < -0.3 is 5.73 Å². The summed E-state index contributed by atoms with van der Waals surface area (Å²) in [5, 5.41) is 4.41. The highest BCUT2D eigenvalue weighted by Crippen LogP contribution is 2.30. The maximum Gasteiger partial charge on any atom is 0.0346 e. The van der Waals surface area contributed by atoms with E-state index in [1.54, 1.807) is 11.3 Å². The van der Waals surface area contributed by atoms with Gasteiger partial charge >= 0.3 is 0 Å². The fourth-order valence-electron chi connectivity index (χ4n) is 2.39. The Balaban J connectivity index is 1.72. The van der Waals surface area contributed by atoms with Crippen LogP contribution < -0.4 is 5.73 Å². The van der Waals surface area contributed by atoms with Gasteiger partial charge in [-0.05, 0) is 59.3 Å². The number of anilines is 1. The molecule has 0 radical (unpaired) electrons. The number of nitrogens with zero attached hydrogens (tertiary/aromatic N) is 1. The Labute approximate surface area is 118 Å². The molecule has 3 rings (SSSR count). The molecule has 1 aliphatic rings. The van der Waals surface area contributed by atoms with E-state index in [2.05, 4.69) is 46.8 Å². The Kier molecular flexibility index (Phi) is 3.58. The van der Waals surface area contributed by atoms with E-state index in [0.29, 0.717) is 0 Å². The zero-order valence-corrected chi connectivity index (χ0v) is 12.1. The molecule has 0 aliphatic heterocycles. The zero-order valence-electron chi connectivity index (χ0n) is 11.3. The van der Waals surface area contributed by atoms with Crippen LogP contribution in [-0.2, 0) is 13.1 Å². The van der Waals surface area contributed by atoms with E-state index < -0.39 is 0 Å². The molecule has 1 fully saturated rings. The summed E-state index contributed by atoms with van der Waals surface area (Å²) in [5.74, 6) is 0. The molecule has 100 valence electrons. The summed E-state index contributed by atoms with van der Waals surface area (Å²) in [6, 6.07) is 9.44. The number of benzene rings is 1. The number of rotatable bonds is 5. The lowest BCUT2D eigenvalue weighted by Crippen LogP contribution is -2.24. The lowest BCUT2D eigenvalue weighted by molar-refractivity contribution is 0.246. The molecule has 2 N–H and O–H groups in total. The van der Waals surface area contributed by atoms with E-state index in [9.17, 15) is 0 Å². The summed E-state index contributed by atoms with van der Waals surface area (Å²) < 4.78 is 0. The van der Waals surface area contributed by atoms with Gasteiger partial charge in [0.15, 0.2) is 0 Å². The average Bonchev–Trinajstić information content (AvgIpc) is 3.12. The minimum atomic E-state index is 0.766. The van der Waals surface area contributed by atoms with Gasteiger partial charge in [-0.25, -0.2) is 0 Å². The van der Waals surface area contributed by atoms with Crippen molar-refractivity contribution in [1.82, 2.24) is 4.90 Å². The van der Waals surface area contributed by atoms with E-state index >= 15 is 0 Å². The zero-order chi connectivity index (χ0) is 13.2. The molecule has 0 spiro atoms. The van der Waals surface area contributed by atoms with Gasteiger partial charge in [0, 0.05) is 24.8 Å². The van der Waals surface area contributed by atoms with Gasteiger partial charge in [0.1, 0.15) is 0 Å². The van der Waals surface area contributed by atoms with E-state index in [-0.39, 0.29) is 0 Å². The van der Waals surface area contributed by atoms with Crippen LogP contribution in [0.1, 0.15) is 29.5 Å². The summed E-state index contributed by atoms with van der Waals surface area (Å²) in [6.07, 6.45) is 2.68. The third kappa shape index (κ3) is 3.17. The Bertz CT molecular complexity index is 544. The van der Waals surface area contributed by atoms with Gasteiger partial charge in [0.2, 0.25) is 0 Å². The van der Waals surface area contributed by atoms with Gasteiger partial charge in [-0.3, -0.25) is 4.90 Å². The van der Waals surface area contributed by atoms with E-state index in [1.807, 2.05) is 0 Å². The van der Waals surface area contributed by atoms with Crippen LogP contribution in [0, 0.1) is 6.92 Å². The highest BCUT2D eigenvalue weighted by Gasteiger charge is 2.28. The minimum Gasteiger partial charge on any atom is -0.399 e. The average molecular weight is 272 g/mol. The fourth-order valence-corrected chi connectivity index (χ4v) is 3.05. The quantitative estimate of drug-likeness (QED) is 0.839. The van der Waals surface area contributed by atoms with Gasteiger partial charge in [0.25, 0.3) is 0 Å². The van der Waals surface area contributed by atoms with Crippen molar-refractivity contribution in [2.45, 2.75) is 38.9 Å². The predicted molar refractivity (Wildman–Crippen MR) is 82.2 cm³/mol. The summed E-state index contributed by atoms with van der Waals surface area (Å²) in [5.41, 5.74) is 10.8. The standard InChI is InChI=1S/C16H20N2S/c1-12-2-3-13(8-16(12)17)9-18(15-4-5-15)10-14-6-7-19-11-14/h2-3,6-8,11,15H,4-5,9-10,17H2,1H3. The largest absolute Gasteiger partial charge is 0.399 e. The van der Waals surface area contributed by atoms with Crippen molar-refractivity contribution < 1.29 is 0 Å². The fraction of sp³-hybridized carbons (Fsp3) is 0.375. The smallest absolute Gasteiger partial charge is 0.0346 e. The molecular formula is C16H20N2S. The Hall–Kier alpha value is -1.32. The molecule has 1 aliphatic carbocycles. The van der Waals surface area contributed by atoms with Crippen LogP contribution in [-0.4, -0.2) is 10.9 Å². The van der Waals surface area contributed by atoms with Gasteiger partial charge in [-0.1, -0.05) is 12.1 Å². The molecule has 1 heterocycles. The highest BCUT2D eigenvalue weighted by atomic mass is 32.1. The lowest BCUT2D eigenvalue weighted by Gasteiger charge is -2.22. The van der Waals surface area contributed by atoms with Crippen molar-refractivity contribution in [3.05, 3.63) is 51.7 Å². The molecule has 0 unspecified atom stereocenters. The molecule has 3 heteroatoms. The molecule has 19 heavy (non-hydrogen) atoms. The molecule has 0 amide bonds. The highest BCUT2D eigenvalue weighted by molar-refractivity contribution is 7.07. The Morgan fingerprint density at radius 2 is 2.00 bits per heavy atom. The number of nitrogens with two attached hydrogens (primary N) is 1. The maximum atomic E-state index is 6.01. The van der Waals surface area contributed by atoms with Crippen LogP contribution >= 0.6 is 11.3 Å². The second-order valence-corrected chi connectivity index (χ2v) is 6.24. The van der Waals surface area contributed by atoms with Crippen LogP contribution in [0.5, 0.6) is 0 Å². The number of hydrogen-bond acceptors (Lipinski definition) is 3. The summed E-state index contributed by atoms with van der Waals surface area (Å²) in [6.45, 7) is 4.12. The maximum absolute atomic E-state index is 6.01. The molecule has 1 aromatic heterocycles. The third-order valence-electron chi connectivity index (χ3n) is 3.76. The van der Waals surface area contributed by atoms with Crippen LogP contribution in [0.3, 0.4) is 0 Å². The Morgan fingerprint density at radius 3 is 2.63 bits per heavy atom. The van der Waals surface area contributed by atoms with Crippen molar-refractivity contribution in [1.29, 1.82) is 0 Å².